The third-order valence-corrected chi connectivity index (χ3v) is 11.2. The molecule has 0 aliphatic heterocycles. The van der Waals surface area contributed by atoms with E-state index in [4.69, 9.17) is 24.4 Å². The number of rotatable bonds is 5. The molecule has 54 heavy (non-hydrogen) atoms. The van der Waals surface area contributed by atoms with Crippen LogP contribution in [-0.4, -0.2) is 19.9 Å². The third kappa shape index (κ3) is 4.99. The van der Waals surface area contributed by atoms with Gasteiger partial charge in [-0.05, 0) is 50.9 Å². The quantitative estimate of drug-likeness (QED) is 0.167. The van der Waals surface area contributed by atoms with E-state index in [0.717, 1.165) is 86.7 Å². The summed E-state index contributed by atoms with van der Waals surface area (Å²) < 4.78 is 7.55. The van der Waals surface area contributed by atoms with Crippen molar-refractivity contribution in [2.24, 2.45) is 0 Å². The van der Waals surface area contributed by atoms with Crippen molar-refractivity contribution in [3.8, 4) is 55.9 Å². The molecular formula is C48H28N4OS. The predicted octanol–water partition coefficient (Wildman–Crippen LogP) is 13.0. The second-order valence-electron chi connectivity index (χ2n) is 13.4. The van der Waals surface area contributed by atoms with E-state index in [9.17, 15) is 0 Å². The second kappa shape index (κ2) is 12.3. The lowest BCUT2D eigenvalue weighted by Gasteiger charge is -2.13. The average Bonchev–Trinajstić information content (AvgIpc) is 3.84. The predicted molar refractivity (Wildman–Crippen MR) is 222 cm³/mol. The van der Waals surface area contributed by atoms with Crippen LogP contribution in [0.5, 0.6) is 0 Å². The maximum Gasteiger partial charge on any atom is 0.167 e. The standard InChI is InChI=1S/C48H28N4OS/c1-3-14-29(15-4-1)31-19-13-20-33(26-31)45-50-46(38-27-32-18-7-8-21-34(32)35-22-9-10-23-36(35)38)52-47(51-45)43-42-37-24-11-12-25-39(37)53-40(42)28-41-44(43)49-48(54-41)30-16-5-2-6-17-30/h1-28H. The van der Waals surface area contributed by atoms with Crippen LogP contribution in [0.3, 0.4) is 0 Å². The van der Waals surface area contributed by atoms with Crippen LogP contribution in [0.25, 0.3) is 110 Å². The Hall–Kier alpha value is -7.02. The molecule has 0 unspecified atom stereocenters. The van der Waals surface area contributed by atoms with E-state index in [1.54, 1.807) is 11.3 Å². The molecule has 0 amide bonds. The minimum atomic E-state index is 0.546. The van der Waals surface area contributed by atoms with Gasteiger partial charge in [-0.15, -0.1) is 11.3 Å². The van der Waals surface area contributed by atoms with E-state index in [0.29, 0.717) is 17.5 Å². The van der Waals surface area contributed by atoms with Crippen LogP contribution < -0.4 is 0 Å². The normalized spacial score (nSPS) is 11.7. The molecule has 11 aromatic rings. The number of furan rings is 1. The van der Waals surface area contributed by atoms with Crippen LogP contribution in [0.1, 0.15) is 0 Å². The highest BCUT2D eigenvalue weighted by atomic mass is 32.1. The largest absolute Gasteiger partial charge is 0.456 e. The monoisotopic (exact) mass is 708 g/mol. The molecule has 0 N–H and O–H groups in total. The smallest absolute Gasteiger partial charge is 0.167 e. The zero-order chi connectivity index (χ0) is 35.6. The zero-order valence-electron chi connectivity index (χ0n) is 28.8. The number of aromatic nitrogens is 4. The summed E-state index contributed by atoms with van der Waals surface area (Å²) in [7, 11) is 0. The molecule has 8 aromatic carbocycles. The number of para-hydroxylation sites is 1. The SMILES string of the molecule is c1ccc(-c2cccc(-c3nc(-c4cc5ccccc5c5ccccc45)nc(-c4c5nc(-c6ccccc6)sc5cc5oc6ccccc6c45)n3)c2)cc1. The third-order valence-electron chi connectivity index (χ3n) is 10.1. The van der Waals surface area contributed by atoms with Gasteiger partial charge >= 0.3 is 0 Å². The van der Waals surface area contributed by atoms with E-state index < -0.39 is 0 Å². The molecule has 0 atom stereocenters. The molecule has 0 saturated heterocycles. The molecule has 0 aliphatic carbocycles. The molecule has 0 bridgehead atoms. The van der Waals surface area contributed by atoms with Crippen molar-refractivity contribution < 1.29 is 4.42 Å². The van der Waals surface area contributed by atoms with Gasteiger partial charge in [-0.1, -0.05) is 146 Å². The van der Waals surface area contributed by atoms with E-state index >= 15 is 0 Å². The number of nitrogens with zero attached hydrogens (tertiary/aromatic N) is 4. The molecule has 0 spiro atoms. The summed E-state index contributed by atoms with van der Waals surface area (Å²) in [6, 6.07) is 58.6. The summed E-state index contributed by atoms with van der Waals surface area (Å²) in [5.41, 5.74) is 8.36. The fourth-order valence-electron chi connectivity index (χ4n) is 7.64. The highest BCUT2D eigenvalue weighted by Crippen LogP contribution is 2.44. The molecule has 5 nitrogen and oxygen atoms in total. The first-order chi connectivity index (χ1) is 26.7. The van der Waals surface area contributed by atoms with Crippen molar-refractivity contribution in [3.05, 3.63) is 170 Å². The van der Waals surface area contributed by atoms with Gasteiger partial charge < -0.3 is 4.42 Å². The van der Waals surface area contributed by atoms with Gasteiger partial charge in [0.15, 0.2) is 17.5 Å². The summed E-state index contributed by atoms with van der Waals surface area (Å²) >= 11 is 1.65. The summed E-state index contributed by atoms with van der Waals surface area (Å²) in [4.78, 5) is 21.4. The number of hydrogen-bond acceptors (Lipinski definition) is 6. The van der Waals surface area contributed by atoms with Crippen LogP contribution in [0.15, 0.2) is 174 Å². The Kier molecular flexibility index (Phi) is 6.97. The molecule has 6 heteroatoms. The minimum Gasteiger partial charge on any atom is -0.456 e. The molecule has 3 aromatic heterocycles. The maximum atomic E-state index is 6.55. The molecule has 0 radical (unpaired) electrons. The molecular weight excluding hydrogens is 681 g/mol. The Morgan fingerprint density at radius 1 is 0.407 bits per heavy atom. The fourth-order valence-corrected chi connectivity index (χ4v) is 8.65. The first-order valence-electron chi connectivity index (χ1n) is 17.9. The van der Waals surface area contributed by atoms with E-state index in [-0.39, 0.29) is 0 Å². The lowest BCUT2D eigenvalue weighted by Crippen LogP contribution is -2.01. The van der Waals surface area contributed by atoms with Gasteiger partial charge in [-0.3, -0.25) is 0 Å². The fraction of sp³-hybridized carbons (Fsp3) is 0. The Bertz CT molecular complexity index is 3220. The topological polar surface area (TPSA) is 64.7 Å². The number of thiazole rings is 1. The first kappa shape index (κ1) is 30.6. The van der Waals surface area contributed by atoms with Gasteiger partial charge in [-0.2, -0.15) is 0 Å². The van der Waals surface area contributed by atoms with Crippen LogP contribution in [-0.2, 0) is 0 Å². The maximum absolute atomic E-state index is 6.55. The Balaban J connectivity index is 1.25. The second-order valence-corrected chi connectivity index (χ2v) is 14.4. The van der Waals surface area contributed by atoms with Gasteiger partial charge in [0.1, 0.15) is 16.2 Å². The van der Waals surface area contributed by atoms with Gasteiger partial charge in [-0.25, -0.2) is 19.9 Å². The van der Waals surface area contributed by atoms with Gasteiger partial charge in [0.25, 0.3) is 0 Å². The molecule has 0 saturated carbocycles. The number of benzene rings is 8. The summed E-state index contributed by atoms with van der Waals surface area (Å²) in [6.07, 6.45) is 0. The first-order valence-corrected chi connectivity index (χ1v) is 18.7. The van der Waals surface area contributed by atoms with Gasteiger partial charge in [0.05, 0.1) is 15.8 Å². The highest BCUT2D eigenvalue weighted by molar-refractivity contribution is 7.21. The molecule has 0 fully saturated rings. The molecule has 0 aliphatic rings. The van der Waals surface area contributed by atoms with Crippen molar-refractivity contribution in [3.63, 3.8) is 0 Å². The lowest BCUT2D eigenvalue weighted by atomic mass is 9.96. The van der Waals surface area contributed by atoms with E-state index in [1.165, 1.54) is 5.39 Å². The van der Waals surface area contributed by atoms with Gasteiger partial charge in [0, 0.05) is 33.5 Å². The summed E-state index contributed by atoms with van der Waals surface area (Å²) in [5, 5.41) is 7.39. The van der Waals surface area contributed by atoms with Crippen molar-refractivity contribution in [1.82, 2.24) is 19.9 Å². The van der Waals surface area contributed by atoms with Crippen molar-refractivity contribution in [2.75, 3.05) is 0 Å². The van der Waals surface area contributed by atoms with E-state index in [2.05, 4.69) is 127 Å². The molecule has 252 valence electrons. The summed E-state index contributed by atoms with van der Waals surface area (Å²) in [6.45, 7) is 0. The summed E-state index contributed by atoms with van der Waals surface area (Å²) in [5.74, 6) is 1.73. The van der Waals surface area contributed by atoms with Gasteiger partial charge in [0.2, 0.25) is 0 Å². The number of fused-ring (bicyclic) bond motifs is 7. The zero-order valence-corrected chi connectivity index (χ0v) is 29.6. The van der Waals surface area contributed by atoms with Crippen molar-refractivity contribution in [2.45, 2.75) is 0 Å². The molecule has 11 rings (SSSR count). The van der Waals surface area contributed by atoms with Crippen LogP contribution >= 0.6 is 11.3 Å². The minimum absolute atomic E-state index is 0.546. The lowest BCUT2D eigenvalue weighted by molar-refractivity contribution is 0.669. The van der Waals surface area contributed by atoms with Crippen LogP contribution in [0.2, 0.25) is 0 Å². The molecule has 3 heterocycles. The Morgan fingerprint density at radius 3 is 1.87 bits per heavy atom. The van der Waals surface area contributed by atoms with Crippen molar-refractivity contribution in [1.29, 1.82) is 0 Å². The Labute approximate surface area is 313 Å². The van der Waals surface area contributed by atoms with Crippen molar-refractivity contribution >= 4 is 65.0 Å². The van der Waals surface area contributed by atoms with E-state index in [1.807, 2.05) is 42.5 Å². The Morgan fingerprint density at radius 2 is 1.04 bits per heavy atom. The average molecular weight is 709 g/mol. The van der Waals surface area contributed by atoms with Crippen LogP contribution in [0, 0.1) is 0 Å². The number of hydrogen-bond donors (Lipinski definition) is 0. The highest BCUT2D eigenvalue weighted by Gasteiger charge is 2.24. The van der Waals surface area contributed by atoms with Crippen LogP contribution in [0.4, 0.5) is 0 Å².